The predicted molar refractivity (Wildman–Crippen MR) is 147 cm³/mol. The Morgan fingerprint density at radius 2 is 1.53 bits per heavy atom. The zero-order valence-electron chi connectivity index (χ0n) is 19.5. The van der Waals surface area contributed by atoms with E-state index in [1.165, 1.54) is 0 Å². The molecule has 0 aliphatic carbocycles. The van der Waals surface area contributed by atoms with E-state index in [1.807, 2.05) is 59.2 Å². The van der Waals surface area contributed by atoms with E-state index in [2.05, 4.69) is 44.5 Å². The highest BCUT2D eigenvalue weighted by Crippen LogP contribution is 2.35. The maximum absolute atomic E-state index is 6.61. The van der Waals surface area contributed by atoms with Crippen molar-refractivity contribution in [1.82, 2.24) is 19.5 Å². The third-order valence-electron chi connectivity index (χ3n) is 6.56. The third-order valence-corrected chi connectivity index (χ3v) is 7.15. The van der Waals surface area contributed by atoms with Gasteiger partial charge in [0.2, 0.25) is 0 Å². The lowest BCUT2D eigenvalue weighted by atomic mass is 10.0. The number of rotatable bonds is 5. The summed E-state index contributed by atoms with van der Waals surface area (Å²) in [6.45, 7) is 1.76. The van der Waals surface area contributed by atoms with Crippen molar-refractivity contribution in [2.75, 3.05) is 23.3 Å². The van der Waals surface area contributed by atoms with Gasteiger partial charge in [-0.2, -0.15) is 0 Å². The summed E-state index contributed by atoms with van der Waals surface area (Å²) in [6, 6.07) is 26.2. The molecule has 3 heterocycles. The second-order valence-corrected chi connectivity index (χ2v) is 9.71. The smallest absolute Gasteiger partial charge is 0.170 e. The van der Waals surface area contributed by atoms with Gasteiger partial charge in [-0.3, -0.25) is 4.57 Å². The van der Waals surface area contributed by atoms with Crippen LogP contribution in [0.5, 0.6) is 0 Å². The highest BCUT2D eigenvalue weighted by molar-refractivity contribution is 6.33. The van der Waals surface area contributed by atoms with Gasteiger partial charge >= 0.3 is 0 Å². The van der Waals surface area contributed by atoms with Gasteiger partial charge in [-0.05, 0) is 61.4 Å². The highest BCUT2D eigenvalue weighted by Gasteiger charge is 2.25. The van der Waals surface area contributed by atoms with Crippen molar-refractivity contribution in [3.8, 4) is 17.1 Å². The molecule has 1 fully saturated rings. The van der Waals surface area contributed by atoms with Gasteiger partial charge in [-0.25, -0.2) is 15.0 Å². The van der Waals surface area contributed by atoms with E-state index in [4.69, 9.17) is 28.2 Å². The first-order chi connectivity index (χ1) is 17.7. The fraction of sp³-hybridized carbons (Fsp3) is 0.179. The minimum atomic E-state index is 0.422. The second-order valence-electron chi connectivity index (χ2n) is 8.87. The quantitative estimate of drug-likeness (QED) is 0.277. The van der Waals surface area contributed by atoms with Crippen LogP contribution in [0.2, 0.25) is 10.0 Å². The van der Waals surface area contributed by atoms with Crippen LogP contribution in [0, 0.1) is 0 Å². The standard InChI is InChI=1S/C28H24Cl2N6/c29-19-10-12-22(13-11-19)36-26(23-8-4-5-9-24(23)30)34-25-27(31-18-32-28(25)36)35-16-14-21(15-17-35)33-20-6-2-1-3-7-20/h1-13,18,21,33H,14-17H2. The number of hydrogen-bond acceptors (Lipinski definition) is 5. The van der Waals surface area contributed by atoms with E-state index in [-0.39, 0.29) is 0 Å². The second kappa shape index (κ2) is 9.80. The van der Waals surface area contributed by atoms with Crippen LogP contribution in [0.4, 0.5) is 11.5 Å². The number of piperidine rings is 1. The molecular weight excluding hydrogens is 491 g/mol. The van der Waals surface area contributed by atoms with Crippen molar-refractivity contribution < 1.29 is 0 Å². The molecule has 0 unspecified atom stereocenters. The molecule has 0 atom stereocenters. The maximum Gasteiger partial charge on any atom is 0.170 e. The first-order valence-electron chi connectivity index (χ1n) is 12.0. The zero-order chi connectivity index (χ0) is 24.5. The lowest BCUT2D eigenvalue weighted by molar-refractivity contribution is 0.524. The Morgan fingerprint density at radius 3 is 2.28 bits per heavy atom. The number of nitrogens with zero attached hydrogens (tertiary/aromatic N) is 5. The molecule has 3 aromatic carbocycles. The van der Waals surface area contributed by atoms with E-state index >= 15 is 0 Å². The molecule has 6 rings (SSSR count). The van der Waals surface area contributed by atoms with Crippen LogP contribution < -0.4 is 10.2 Å². The Balaban J connectivity index is 1.38. The van der Waals surface area contributed by atoms with Crippen LogP contribution in [0.3, 0.4) is 0 Å². The fourth-order valence-corrected chi connectivity index (χ4v) is 5.12. The Kier molecular flexibility index (Phi) is 6.21. The Labute approximate surface area is 219 Å². The van der Waals surface area contributed by atoms with Gasteiger partial charge in [0.05, 0.1) is 5.02 Å². The number of halogens is 2. The van der Waals surface area contributed by atoms with Crippen LogP contribution >= 0.6 is 23.2 Å². The van der Waals surface area contributed by atoms with E-state index < -0.39 is 0 Å². The van der Waals surface area contributed by atoms with E-state index in [9.17, 15) is 0 Å². The Bertz CT molecular complexity index is 1490. The molecule has 0 radical (unpaired) electrons. The molecule has 180 valence electrons. The van der Waals surface area contributed by atoms with Crippen LogP contribution in [-0.4, -0.2) is 38.7 Å². The average Bonchev–Trinajstić information content (AvgIpc) is 3.30. The summed E-state index contributed by atoms with van der Waals surface area (Å²) in [5.41, 5.74) is 4.40. The fourth-order valence-electron chi connectivity index (χ4n) is 4.78. The molecule has 8 heteroatoms. The summed E-state index contributed by atoms with van der Waals surface area (Å²) < 4.78 is 2.03. The van der Waals surface area contributed by atoms with Gasteiger partial charge in [0.15, 0.2) is 17.0 Å². The van der Waals surface area contributed by atoms with Crippen molar-refractivity contribution in [1.29, 1.82) is 0 Å². The summed E-state index contributed by atoms with van der Waals surface area (Å²) in [6.07, 6.45) is 3.64. The molecule has 5 aromatic rings. The highest BCUT2D eigenvalue weighted by atomic mass is 35.5. The molecule has 1 aliphatic heterocycles. The molecule has 1 aliphatic rings. The molecule has 36 heavy (non-hydrogen) atoms. The molecular formula is C28H24Cl2N6. The van der Waals surface area contributed by atoms with Gasteiger partial charge in [0.1, 0.15) is 12.2 Å². The average molecular weight is 515 g/mol. The summed E-state index contributed by atoms with van der Waals surface area (Å²) >= 11 is 12.8. The van der Waals surface area contributed by atoms with Crippen molar-refractivity contribution in [2.45, 2.75) is 18.9 Å². The SMILES string of the molecule is Clc1ccc(-n2c(-c3ccccc3Cl)nc3c(N4CCC(Nc5ccccc5)CC4)ncnc32)cc1. The van der Waals surface area contributed by atoms with Gasteiger partial charge in [0.25, 0.3) is 0 Å². The van der Waals surface area contributed by atoms with Crippen LogP contribution in [0.1, 0.15) is 12.8 Å². The van der Waals surface area contributed by atoms with Gasteiger partial charge in [0, 0.05) is 41.1 Å². The Hall–Kier alpha value is -3.61. The van der Waals surface area contributed by atoms with Gasteiger partial charge < -0.3 is 10.2 Å². The molecule has 2 aromatic heterocycles. The van der Waals surface area contributed by atoms with Crippen molar-refractivity contribution in [3.63, 3.8) is 0 Å². The first kappa shape index (κ1) is 22.8. The molecule has 0 amide bonds. The van der Waals surface area contributed by atoms with Crippen molar-refractivity contribution >= 4 is 45.9 Å². The normalized spacial score (nSPS) is 14.3. The number of benzene rings is 3. The topological polar surface area (TPSA) is 58.9 Å². The number of para-hydroxylation sites is 1. The van der Waals surface area contributed by atoms with Crippen LogP contribution in [0.25, 0.3) is 28.2 Å². The molecule has 1 saturated heterocycles. The zero-order valence-corrected chi connectivity index (χ0v) is 21.0. The van der Waals surface area contributed by atoms with Gasteiger partial charge in [-0.1, -0.05) is 53.5 Å². The van der Waals surface area contributed by atoms with Crippen molar-refractivity contribution in [3.05, 3.63) is 95.2 Å². The minimum Gasteiger partial charge on any atom is -0.382 e. The number of imidazole rings is 1. The minimum absolute atomic E-state index is 0.422. The molecule has 6 nitrogen and oxygen atoms in total. The molecule has 0 saturated carbocycles. The van der Waals surface area contributed by atoms with Crippen molar-refractivity contribution in [2.24, 2.45) is 0 Å². The lowest BCUT2D eigenvalue weighted by Crippen LogP contribution is -2.39. The molecule has 0 spiro atoms. The number of fused-ring (bicyclic) bond motifs is 1. The molecule has 0 bridgehead atoms. The van der Waals surface area contributed by atoms with Crippen LogP contribution in [-0.2, 0) is 0 Å². The van der Waals surface area contributed by atoms with E-state index in [1.54, 1.807) is 6.33 Å². The summed E-state index contributed by atoms with van der Waals surface area (Å²) in [7, 11) is 0. The number of aromatic nitrogens is 4. The first-order valence-corrected chi connectivity index (χ1v) is 12.7. The number of anilines is 2. The number of hydrogen-bond donors (Lipinski definition) is 1. The third kappa shape index (κ3) is 4.38. The Morgan fingerprint density at radius 1 is 0.806 bits per heavy atom. The number of nitrogens with one attached hydrogen (secondary N) is 1. The largest absolute Gasteiger partial charge is 0.382 e. The van der Waals surface area contributed by atoms with Crippen LogP contribution in [0.15, 0.2) is 85.2 Å². The lowest BCUT2D eigenvalue weighted by Gasteiger charge is -2.33. The summed E-state index contributed by atoms with van der Waals surface area (Å²) in [5.74, 6) is 1.57. The predicted octanol–water partition coefficient (Wildman–Crippen LogP) is 6.87. The van der Waals surface area contributed by atoms with E-state index in [0.717, 1.165) is 65.7 Å². The summed E-state index contributed by atoms with van der Waals surface area (Å²) in [5, 5.41) is 4.95. The van der Waals surface area contributed by atoms with Gasteiger partial charge in [-0.15, -0.1) is 0 Å². The molecule has 1 N–H and O–H groups in total. The summed E-state index contributed by atoms with van der Waals surface area (Å²) in [4.78, 5) is 16.7. The van der Waals surface area contributed by atoms with E-state index in [0.29, 0.717) is 16.1 Å². The monoisotopic (exact) mass is 514 g/mol. The maximum atomic E-state index is 6.61.